The maximum absolute atomic E-state index is 4.99. The summed E-state index contributed by atoms with van der Waals surface area (Å²) in [5.74, 6) is 0. The predicted molar refractivity (Wildman–Crippen MR) is 31.4 cm³/mol. The summed E-state index contributed by atoms with van der Waals surface area (Å²) in [7, 11) is 0. The first-order valence-electron chi connectivity index (χ1n) is 1.11. The zero-order valence-corrected chi connectivity index (χ0v) is 7.53. The number of rotatable bonds is 0. The van der Waals surface area contributed by atoms with Crippen molar-refractivity contribution < 1.29 is 31.0 Å². The number of thioether (sulfide) groups is 1. The molecule has 0 spiro atoms. The van der Waals surface area contributed by atoms with Crippen LogP contribution in [0.15, 0.2) is 0 Å². The molecule has 0 fully saturated rings. The van der Waals surface area contributed by atoms with Gasteiger partial charge in [-0.2, -0.15) is 0 Å². The van der Waals surface area contributed by atoms with E-state index in [0.717, 1.165) is 0 Å². The summed E-state index contributed by atoms with van der Waals surface area (Å²) in [6.07, 6.45) is 1.85. The van der Waals surface area contributed by atoms with Gasteiger partial charge >= 0.3 is 29.6 Å². The minimum Gasteiger partial charge on any atom is -1.00 e. The van der Waals surface area contributed by atoms with Crippen LogP contribution in [0.25, 0.3) is 0 Å². The first-order valence-corrected chi connectivity index (χ1v) is 2.74. The number of hydrogen-bond acceptors (Lipinski definition) is 2. The van der Waals surface area contributed by atoms with E-state index in [0.29, 0.717) is 4.32 Å². The summed E-state index contributed by atoms with van der Waals surface area (Å²) >= 11 is 5.83. The second-order valence-electron chi connectivity index (χ2n) is 0.523. The van der Waals surface area contributed by atoms with E-state index in [-0.39, 0.29) is 31.0 Å². The molecule has 0 aromatic carbocycles. The Morgan fingerprint density at radius 3 is 2.17 bits per heavy atom. The Balaban J connectivity index is -0.0000000800. The Labute approximate surface area is 70.8 Å². The summed E-state index contributed by atoms with van der Waals surface area (Å²) < 4.78 is 0.505. The normalized spacial score (nSPS) is 6.17. The largest absolute Gasteiger partial charge is 1.00 e. The van der Waals surface area contributed by atoms with E-state index in [1.807, 2.05) is 6.26 Å². The summed E-state index contributed by atoms with van der Waals surface area (Å²) in [5, 5.41) is 0. The van der Waals surface area contributed by atoms with Crippen molar-refractivity contribution in [3.05, 3.63) is 0 Å². The molecule has 32 valence electrons. The van der Waals surface area contributed by atoms with Crippen LogP contribution in [0.5, 0.6) is 0 Å². The fourth-order valence-electron chi connectivity index (χ4n) is 0. The van der Waals surface area contributed by atoms with E-state index in [1.165, 1.54) is 11.8 Å². The number of hydrogen-bond donors (Lipinski definition) is 1. The molecule has 0 aliphatic rings. The molecule has 0 saturated carbocycles. The minimum atomic E-state index is 0. The van der Waals surface area contributed by atoms with Crippen LogP contribution in [0.2, 0.25) is 0 Å². The van der Waals surface area contributed by atoms with Crippen molar-refractivity contribution in [1.82, 2.24) is 0 Å². The van der Waals surface area contributed by atoms with E-state index in [1.54, 1.807) is 0 Å². The van der Waals surface area contributed by atoms with Crippen LogP contribution < -0.4 is 35.3 Å². The van der Waals surface area contributed by atoms with E-state index in [9.17, 15) is 0 Å². The standard InChI is InChI=1S/C2H5NS2.Na.H/c1-5-2(3)4;;/h1H3,(H2,3,4);;/q;+1;-1. The van der Waals surface area contributed by atoms with Gasteiger partial charge in [0.1, 0.15) is 4.32 Å². The van der Waals surface area contributed by atoms with E-state index in [2.05, 4.69) is 12.2 Å². The average molecular weight is 131 g/mol. The molecule has 0 amide bonds. The summed E-state index contributed by atoms with van der Waals surface area (Å²) in [5.41, 5.74) is 4.99. The van der Waals surface area contributed by atoms with Crippen LogP contribution in [0.4, 0.5) is 0 Å². The van der Waals surface area contributed by atoms with Crippen LogP contribution in [-0.2, 0) is 0 Å². The molecule has 0 saturated heterocycles. The molecule has 0 unspecified atom stereocenters. The van der Waals surface area contributed by atoms with Crippen molar-refractivity contribution in [1.29, 1.82) is 0 Å². The van der Waals surface area contributed by atoms with Gasteiger partial charge in [0.25, 0.3) is 0 Å². The molecule has 0 bridgehead atoms. The van der Waals surface area contributed by atoms with Gasteiger partial charge in [-0.25, -0.2) is 0 Å². The fourth-order valence-corrected chi connectivity index (χ4v) is 0. The van der Waals surface area contributed by atoms with Crippen LogP contribution in [0.1, 0.15) is 1.43 Å². The molecule has 0 radical (unpaired) electrons. The van der Waals surface area contributed by atoms with Gasteiger partial charge in [0.15, 0.2) is 0 Å². The van der Waals surface area contributed by atoms with Crippen LogP contribution >= 0.6 is 24.0 Å². The van der Waals surface area contributed by atoms with Crippen LogP contribution in [0, 0.1) is 0 Å². The van der Waals surface area contributed by atoms with Gasteiger partial charge < -0.3 is 7.16 Å². The molecular weight excluding hydrogens is 125 g/mol. The fraction of sp³-hybridized carbons (Fsp3) is 0.500. The third-order valence-electron chi connectivity index (χ3n) is 0.201. The maximum atomic E-state index is 4.99. The van der Waals surface area contributed by atoms with Gasteiger partial charge in [-0.1, -0.05) is 12.2 Å². The maximum Gasteiger partial charge on any atom is 1.00 e. The molecule has 0 aromatic rings. The number of thiocarbonyl (C=S) groups is 1. The zero-order chi connectivity index (χ0) is 4.28. The Morgan fingerprint density at radius 2 is 2.17 bits per heavy atom. The van der Waals surface area contributed by atoms with Gasteiger partial charge in [-0.15, -0.1) is 11.8 Å². The van der Waals surface area contributed by atoms with Gasteiger partial charge in [-0.3, -0.25) is 0 Å². The quantitative estimate of drug-likeness (QED) is 0.296. The van der Waals surface area contributed by atoms with Crippen molar-refractivity contribution in [3.8, 4) is 0 Å². The van der Waals surface area contributed by atoms with Gasteiger partial charge in [0.2, 0.25) is 0 Å². The van der Waals surface area contributed by atoms with E-state index >= 15 is 0 Å². The Kier molecular flexibility index (Phi) is 10.7. The molecule has 2 N–H and O–H groups in total. The Morgan fingerprint density at radius 1 is 2.00 bits per heavy atom. The summed E-state index contributed by atoms with van der Waals surface area (Å²) in [6, 6.07) is 0. The van der Waals surface area contributed by atoms with E-state index < -0.39 is 0 Å². The van der Waals surface area contributed by atoms with Gasteiger partial charge in [0.05, 0.1) is 0 Å². The molecule has 0 heterocycles. The first-order chi connectivity index (χ1) is 2.27. The molecule has 0 aliphatic carbocycles. The molecule has 4 heteroatoms. The zero-order valence-electron chi connectivity index (χ0n) is 4.89. The molecule has 0 atom stereocenters. The average Bonchev–Trinajstić information content (AvgIpc) is 1.38. The number of nitrogens with two attached hydrogens (primary N) is 1. The Bertz CT molecular complexity index is 51.0. The minimum absolute atomic E-state index is 0. The molecular formula is C2H6NNaS2. The van der Waals surface area contributed by atoms with Crippen molar-refractivity contribution in [2.45, 2.75) is 0 Å². The van der Waals surface area contributed by atoms with Crippen LogP contribution in [-0.4, -0.2) is 10.6 Å². The Hall–Kier alpha value is 1.24. The summed E-state index contributed by atoms with van der Waals surface area (Å²) in [6.45, 7) is 0. The first kappa shape index (κ1) is 10.3. The smallest absolute Gasteiger partial charge is 1.00 e. The van der Waals surface area contributed by atoms with E-state index in [4.69, 9.17) is 5.73 Å². The predicted octanol–water partition coefficient (Wildman–Crippen LogP) is -2.29. The van der Waals surface area contributed by atoms with Crippen molar-refractivity contribution in [2.24, 2.45) is 5.73 Å². The monoisotopic (exact) mass is 131 g/mol. The molecule has 0 aliphatic heterocycles. The second-order valence-corrected chi connectivity index (χ2v) is 2.07. The van der Waals surface area contributed by atoms with Crippen LogP contribution in [0.3, 0.4) is 0 Å². The second kappa shape index (κ2) is 6.24. The molecule has 6 heavy (non-hydrogen) atoms. The van der Waals surface area contributed by atoms with Gasteiger partial charge in [0, 0.05) is 0 Å². The third-order valence-corrected chi connectivity index (χ3v) is 1.10. The van der Waals surface area contributed by atoms with Crippen molar-refractivity contribution >= 4 is 28.3 Å². The third kappa shape index (κ3) is 8.97. The van der Waals surface area contributed by atoms with Gasteiger partial charge in [-0.05, 0) is 6.26 Å². The van der Waals surface area contributed by atoms with Crippen molar-refractivity contribution in [2.75, 3.05) is 6.26 Å². The SMILES string of the molecule is CSC(N)=S.[H-].[Na+]. The molecule has 0 aromatic heterocycles. The van der Waals surface area contributed by atoms with Crippen molar-refractivity contribution in [3.63, 3.8) is 0 Å². The molecule has 1 nitrogen and oxygen atoms in total. The molecule has 0 rings (SSSR count). The topological polar surface area (TPSA) is 26.0 Å². The summed E-state index contributed by atoms with van der Waals surface area (Å²) in [4.78, 5) is 0.